The van der Waals surface area contributed by atoms with Crippen LogP contribution >= 0.6 is 0 Å². The van der Waals surface area contributed by atoms with E-state index in [0.717, 1.165) is 0 Å². The molecule has 0 heterocycles. The highest BCUT2D eigenvalue weighted by molar-refractivity contribution is 5.89. The molecule has 0 atom stereocenters. The molecular weight excluding hydrogens is 180 g/mol. The average molecular weight is 198 g/mol. The van der Waals surface area contributed by atoms with Gasteiger partial charge in [0, 0.05) is 7.11 Å². The first-order chi connectivity index (χ1) is 6.61. The lowest BCUT2D eigenvalue weighted by Gasteiger charge is -2.08. The molecule has 0 N–H and O–H groups in total. The molecule has 80 valence electrons. The van der Waals surface area contributed by atoms with Gasteiger partial charge in [0.15, 0.2) is 0 Å². The summed E-state index contributed by atoms with van der Waals surface area (Å²) in [5, 5.41) is 0. The number of esters is 1. The first kappa shape index (κ1) is 12.9. The van der Waals surface area contributed by atoms with Crippen molar-refractivity contribution in [2.75, 3.05) is 20.3 Å². The van der Waals surface area contributed by atoms with Crippen molar-refractivity contribution in [3.63, 3.8) is 0 Å². The minimum Gasteiger partial charge on any atom is -0.462 e. The van der Waals surface area contributed by atoms with Gasteiger partial charge in [-0.3, -0.25) is 0 Å². The molecule has 0 aliphatic carbocycles. The Hall–Kier alpha value is -1.09. The van der Waals surface area contributed by atoms with E-state index in [2.05, 4.69) is 6.58 Å². The van der Waals surface area contributed by atoms with Gasteiger partial charge in [-0.05, 0) is 5.92 Å². The molecule has 3 heteroatoms. The van der Waals surface area contributed by atoms with Gasteiger partial charge in [0.05, 0.1) is 18.8 Å². The Kier molecular flexibility index (Phi) is 6.76. The summed E-state index contributed by atoms with van der Waals surface area (Å²) in [5.74, 6) is 0.00641. The third-order valence-corrected chi connectivity index (χ3v) is 1.43. The normalized spacial score (nSPS) is 11.6. The number of hydrogen-bond donors (Lipinski definition) is 0. The van der Waals surface area contributed by atoms with E-state index in [9.17, 15) is 4.79 Å². The molecule has 0 saturated carbocycles. The second-order valence-electron chi connectivity index (χ2n) is 3.35. The van der Waals surface area contributed by atoms with E-state index in [1.54, 1.807) is 12.2 Å². The van der Waals surface area contributed by atoms with Crippen molar-refractivity contribution in [2.45, 2.75) is 13.8 Å². The summed E-state index contributed by atoms with van der Waals surface area (Å²) < 4.78 is 9.90. The minimum absolute atomic E-state index is 0.253. The van der Waals surface area contributed by atoms with Gasteiger partial charge in [0.2, 0.25) is 0 Å². The van der Waals surface area contributed by atoms with E-state index >= 15 is 0 Å². The summed E-state index contributed by atoms with van der Waals surface area (Å²) in [5.41, 5.74) is 0.489. The van der Waals surface area contributed by atoms with Gasteiger partial charge in [-0.2, -0.15) is 0 Å². The van der Waals surface area contributed by atoms with Crippen molar-refractivity contribution in [1.82, 2.24) is 0 Å². The topological polar surface area (TPSA) is 35.5 Å². The fraction of sp³-hybridized carbons (Fsp3) is 0.545. The van der Waals surface area contributed by atoms with Crippen molar-refractivity contribution in [3.8, 4) is 0 Å². The van der Waals surface area contributed by atoms with E-state index in [1.165, 1.54) is 7.11 Å². The lowest BCUT2D eigenvalue weighted by atomic mass is 10.2. The number of rotatable bonds is 6. The molecule has 0 fully saturated rings. The quantitative estimate of drug-likeness (QED) is 0.372. The maximum atomic E-state index is 11.4. The van der Waals surface area contributed by atoms with Crippen LogP contribution in [0.4, 0.5) is 0 Å². The Morgan fingerprint density at radius 3 is 2.57 bits per heavy atom. The lowest BCUT2D eigenvalue weighted by molar-refractivity contribution is -0.140. The van der Waals surface area contributed by atoms with Gasteiger partial charge < -0.3 is 9.47 Å². The number of carbonyl (C=O) groups is 1. The summed E-state index contributed by atoms with van der Waals surface area (Å²) in [6.45, 7) is 8.17. The van der Waals surface area contributed by atoms with Crippen LogP contribution in [0.3, 0.4) is 0 Å². The second-order valence-corrected chi connectivity index (χ2v) is 3.35. The van der Waals surface area contributed by atoms with Crippen molar-refractivity contribution < 1.29 is 14.3 Å². The van der Waals surface area contributed by atoms with E-state index in [-0.39, 0.29) is 12.6 Å². The third kappa shape index (κ3) is 5.54. The highest BCUT2D eigenvalue weighted by atomic mass is 16.5. The monoisotopic (exact) mass is 198 g/mol. The molecule has 0 aliphatic rings. The van der Waals surface area contributed by atoms with Gasteiger partial charge in [0.1, 0.15) is 0 Å². The molecule has 0 aromatic heterocycles. The highest BCUT2D eigenvalue weighted by Crippen LogP contribution is 2.02. The van der Waals surface area contributed by atoms with Crippen LogP contribution in [0.5, 0.6) is 0 Å². The van der Waals surface area contributed by atoms with Crippen LogP contribution in [0.1, 0.15) is 13.8 Å². The Balaban J connectivity index is 4.16. The maximum absolute atomic E-state index is 11.4. The molecule has 0 spiro atoms. The van der Waals surface area contributed by atoms with Crippen LogP contribution in [-0.4, -0.2) is 26.3 Å². The van der Waals surface area contributed by atoms with Crippen molar-refractivity contribution >= 4 is 5.97 Å². The van der Waals surface area contributed by atoms with Crippen molar-refractivity contribution in [3.05, 3.63) is 24.3 Å². The third-order valence-electron chi connectivity index (χ3n) is 1.43. The van der Waals surface area contributed by atoms with Crippen LogP contribution in [0.25, 0.3) is 0 Å². The van der Waals surface area contributed by atoms with Gasteiger partial charge in [-0.1, -0.05) is 32.6 Å². The summed E-state index contributed by atoms with van der Waals surface area (Å²) in [6.07, 6.45) is 3.15. The molecule has 14 heavy (non-hydrogen) atoms. The lowest BCUT2D eigenvalue weighted by Crippen LogP contribution is -2.15. The Morgan fingerprint density at radius 1 is 1.50 bits per heavy atom. The molecule has 0 aromatic rings. The van der Waals surface area contributed by atoms with Gasteiger partial charge in [-0.25, -0.2) is 4.79 Å². The molecule has 0 rings (SSSR count). The van der Waals surface area contributed by atoms with Gasteiger partial charge >= 0.3 is 5.97 Å². The SMILES string of the molecule is C=CC=C(COC)C(=O)OCC(C)C. The van der Waals surface area contributed by atoms with Crippen LogP contribution in [0.2, 0.25) is 0 Å². The van der Waals surface area contributed by atoms with Crippen LogP contribution in [-0.2, 0) is 14.3 Å². The number of methoxy groups -OCH3 is 1. The molecule has 0 bridgehead atoms. The zero-order valence-corrected chi connectivity index (χ0v) is 9.08. The minimum atomic E-state index is -0.333. The van der Waals surface area contributed by atoms with Crippen LogP contribution in [0, 0.1) is 5.92 Å². The largest absolute Gasteiger partial charge is 0.462 e. The molecule has 0 aliphatic heterocycles. The maximum Gasteiger partial charge on any atom is 0.336 e. The highest BCUT2D eigenvalue weighted by Gasteiger charge is 2.10. The smallest absolute Gasteiger partial charge is 0.336 e. The van der Waals surface area contributed by atoms with Crippen LogP contribution in [0.15, 0.2) is 24.3 Å². The second kappa shape index (κ2) is 7.33. The van der Waals surface area contributed by atoms with E-state index < -0.39 is 0 Å². The standard InChI is InChI=1S/C11H18O3/c1-5-6-10(8-13-4)11(12)14-7-9(2)3/h5-6,9H,1,7-8H2,2-4H3. The van der Waals surface area contributed by atoms with Gasteiger partial charge in [0.25, 0.3) is 0 Å². The first-order valence-electron chi connectivity index (χ1n) is 4.59. The Morgan fingerprint density at radius 2 is 2.14 bits per heavy atom. The Labute approximate surface area is 85.4 Å². The van der Waals surface area contributed by atoms with Gasteiger partial charge in [-0.15, -0.1) is 0 Å². The summed E-state index contributed by atoms with van der Waals surface area (Å²) in [6, 6.07) is 0. The zero-order chi connectivity index (χ0) is 11.0. The number of allylic oxidation sites excluding steroid dienone is 2. The first-order valence-corrected chi connectivity index (χ1v) is 4.59. The van der Waals surface area contributed by atoms with E-state index in [1.807, 2.05) is 13.8 Å². The summed E-state index contributed by atoms with van der Waals surface area (Å²) in [4.78, 5) is 11.4. The van der Waals surface area contributed by atoms with E-state index in [0.29, 0.717) is 18.1 Å². The fourth-order valence-corrected chi connectivity index (χ4v) is 0.808. The molecule has 0 unspecified atom stereocenters. The molecule has 3 nitrogen and oxygen atoms in total. The van der Waals surface area contributed by atoms with Crippen molar-refractivity contribution in [1.29, 1.82) is 0 Å². The summed E-state index contributed by atoms with van der Waals surface area (Å²) >= 11 is 0. The molecule has 0 saturated heterocycles. The van der Waals surface area contributed by atoms with Crippen LogP contribution < -0.4 is 0 Å². The average Bonchev–Trinajstić information content (AvgIpc) is 2.14. The Bertz CT molecular complexity index is 217. The molecular formula is C11H18O3. The molecule has 0 amide bonds. The fourth-order valence-electron chi connectivity index (χ4n) is 0.808. The summed E-state index contributed by atoms with van der Waals surface area (Å²) in [7, 11) is 1.53. The predicted molar refractivity (Wildman–Crippen MR) is 56.0 cm³/mol. The molecule has 0 aromatic carbocycles. The zero-order valence-electron chi connectivity index (χ0n) is 9.08. The number of ether oxygens (including phenoxy) is 2. The number of carbonyl (C=O) groups excluding carboxylic acids is 1. The predicted octanol–water partition coefficient (Wildman–Crippen LogP) is 1.94. The van der Waals surface area contributed by atoms with Crippen molar-refractivity contribution in [2.24, 2.45) is 5.92 Å². The van der Waals surface area contributed by atoms with E-state index in [4.69, 9.17) is 9.47 Å². The molecule has 0 radical (unpaired) electrons. The number of hydrogen-bond acceptors (Lipinski definition) is 3.